The number of nitrogens with zero attached hydrogens (tertiary/aromatic N) is 1. The molecule has 0 atom stereocenters. The maximum Gasteiger partial charge on any atom is 0.347 e. The Balaban J connectivity index is 2.62. The van der Waals surface area contributed by atoms with Gasteiger partial charge in [-0.25, -0.2) is 9.78 Å². The summed E-state index contributed by atoms with van der Waals surface area (Å²) in [4.78, 5) is 15.2. The third-order valence-electron chi connectivity index (χ3n) is 1.55. The minimum atomic E-state index is -0.898. The van der Waals surface area contributed by atoms with E-state index in [1.54, 1.807) is 18.7 Å². The van der Waals surface area contributed by atoms with Crippen LogP contribution in [-0.2, 0) is 0 Å². The van der Waals surface area contributed by atoms with E-state index in [4.69, 9.17) is 10.8 Å². The van der Waals surface area contributed by atoms with Gasteiger partial charge in [0.2, 0.25) is 0 Å². The largest absolute Gasteiger partial charge is 0.477 e. The second kappa shape index (κ2) is 5.33. The molecule has 1 heterocycles. The molecular formula is C8H12N2O2S2. The first-order valence-corrected chi connectivity index (χ1v) is 5.99. The Labute approximate surface area is 90.5 Å². The number of hydrogen-bond acceptors (Lipinski definition) is 5. The highest BCUT2D eigenvalue weighted by Crippen LogP contribution is 2.27. The van der Waals surface area contributed by atoms with Crippen LogP contribution in [0.25, 0.3) is 0 Å². The van der Waals surface area contributed by atoms with Gasteiger partial charge < -0.3 is 10.8 Å². The lowest BCUT2D eigenvalue weighted by Gasteiger charge is -1.92. The van der Waals surface area contributed by atoms with Crippen LogP contribution >= 0.6 is 23.1 Å². The fourth-order valence-corrected chi connectivity index (χ4v) is 2.94. The van der Waals surface area contributed by atoms with Crippen molar-refractivity contribution in [3.05, 3.63) is 10.6 Å². The zero-order valence-corrected chi connectivity index (χ0v) is 9.45. The predicted molar refractivity (Wildman–Crippen MR) is 58.2 cm³/mol. The van der Waals surface area contributed by atoms with Crippen molar-refractivity contribution in [1.82, 2.24) is 4.98 Å². The van der Waals surface area contributed by atoms with Crippen LogP contribution in [0.3, 0.4) is 0 Å². The van der Waals surface area contributed by atoms with E-state index in [9.17, 15) is 4.79 Å². The van der Waals surface area contributed by atoms with Gasteiger partial charge in [0.15, 0.2) is 4.34 Å². The highest BCUT2D eigenvalue weighted by atomic mass is 32.2. The van der Waals surface area contributed by atoms with E-state index in [2.05, 4.69) is 4.98 Å². The van der Waals surface area contributed by atoms with Crippen LogP contribution in [0.4, 0.5) is 0 Å². The summed E-state index contributed by atoms with van der Waals surface area (Å²) in [6.45, 7) is 2.37. The Morgan fingerprint density at radius 1 is 1.71 bits per heavy atom. The Bertz CT molecular complexity index is 325. The number of aromatic carboxylic acids is 1. The smallest absolute Gasteiger partial charge is 0.347 e. The number of rotatable bonds is 5. The second-order valence-electron chi connectivity index (χ2n) is 2.69. The van der Waals surface area contributed by atoms with E-state index in [0.29, 0.717) is 17.1 Å². The molecule has 4 nitrogen and oxygen atoms in total. The Kier molecular flexibility index (Phi) is 4.37. The fraction of sp³-hybridized carbons (Fsp3) is 0.500. The van der Waals surface area contributed by atoms with Gasteiger partial charge in [0.25, 0.3) is 0 Å². The highest BCUT2D eigenvalue weighted by molar-refractivity contribution is 8.01. The summed E-state index contributed by atoms with van der Waals surface area (Å²) in [5.74, 6) is -0.00614. The van der Waals surface area contributed by atoms with Crippen LogP contribution < -0.4 is 5.73 Å². The Morgan fingerprint density at radius 2 is 2.43 bits per heavy atom. The van der Waals surface area contributed by atoms with Gasteiger partial charge in [0, 0.05) is 5.75 Å². The first-order chi connectivity index (χ1) is 6.65. The molecule has 0 aliphatic carbocycles. The molecule has 0 unspecified atom stereocenters. The van der Waals surface area contributed by atoms with Crippen LogP contribution in [0, 0.1) is 6.92 Å². The van der Waals surface area contributed by atoms with Crippen LogP contribution in [0.2, 0.25) is 0 Å². The van der Waals surface area contributed by atoms with E-state index in [0.717, 1.165) is 16.5 Å². The molecule has 3 N–H and O–H groups in total. The zero-order chi connectivity index (χ0) is 10.6. The molecule has 0 aliphatic heterocycles. The molecule has 0 spiro atoms. The number of hydrogen-bond donors (Lipinski definition) is 2. The molecule has 0 bridgehead atoms. The molecule has 1 rings (SSSR count). The maximum atomic E-state index is 10.7. The topological polar surface area (TPSA) is 76.2 Å². The van der Waals surface area contributed by atoms with Crippen molar-refractivity contribution in [2.75, 3.05) is 12.3 Å². The summed E-state index contributed by atoms with van der Waals surface area (Å²) >= 11 is 2.79. The molecule has 0 radical (unpaired) electrons. The molecule has 0 fully saturated rings. The van der Waals surface area contributed by atoms with E-state index in [1.165, 1.54) is 11.3 Å². The Hall–Kier alpha value is -0.590. The quantitative estimate of drug-likeness (QED) is 0.595. The summed E-state index contributed by atoms with van der Waals surface area (Å²) in [7, 11) is 0. The zero-order valence-electron chi connectivity index (χ0n) is 7.82. The van der Waals surface area contributed by atoms with Gasteiger partial charge in [0.05, 0.1) is 5.69 Å². The monoisotopic (exact) mass is 232 g/mol. The lowest BCUT2D eigenvalue weighted by Crippen LogP contribution is -1.99. The van der Waals surface area contributed by atoms with Crippen molar-refractivity contribution in [2.45, 2.75) is 17.7 Å². The van der Waals surface area contributed by atoms with Gasteiger partial charge in [-0.3, -0.25) is 0 Å². The average molecular weight is 232 g/mol. The SMILES string of the molecule is Cc1nc(SCCCN)sc1C(=O)O. The van der Waals surface area contributed by atoms with Crippen molar-refractivity contribution in [3.63, 3.8) is 0 Å². The van der Waals surface area contributed by atoms with Crippen LogP contribution in [0.5, 0.6) is 0 Å². The number of nitrogens with two attached hydrogens (primary N) is 1. The number of thiazole rings is 1. The molecule has 1 aromatic rings. The normalized spacial score (nSPS) is 10.4. The minimum Gasteiger partial charge on any atom is -0.477 e. The summed E-state index contributed by atoms with van der Waals surface area (Å²) in [6, 6.07) is 0. The molecule has 6 heteroatoms. The van der Waals surface area contributed by atoms with Gasteiger partial charge >= 0.3 is 5.97 Å². The maximum absolute atomic E-state index is 10.7. The van der Waals surface area contributed by atoms with Crippen molar-refractivity contribution in [2.24, 2.45) is 5.73 Å². The summed E-state index contributed by atoms with van der Waals surface area (Å²) in [5.41, 5.74) is 5.95. The molecule has 14 heavy (non-hydrogen) atoms. The molecule has 0 aromatic carbocycles. The first kappa shape index (κ1) is 11.5. The number of carboxylic acids is 1. The van der Waals surface area contributed by atoms with Crippen LogP contribution in [-0.4, -0.2) is 28.4 Å². The fourth-order valence-electron chi connectivity index (χ4n) is 0.875. The van der Waals surface area contributed by atoms with Gasteiger partial charge in [0.1, 0.15) is 4.88 Å². The number of thioether (sulfide) groups is 1. The van der Waals surface area contributed by atoms with Crippen molar-refractivity contribution < 1.29 is 9.90 Å². The van der Waals surface area contributed by atoms with Crippen LogP contribution in [0.1, 0.15) is 21.8 Å². The molecule has 0 amide bonds. The third kappa shape index (κ3) is 2.97. The van der Waals surface area contributed by atoms with Crippen molar-refractivity contribution in [3.8, 4) is 0 Å². The molecule has 0 saturated heterocycles. The van der Waals surface area contributed by atoms with Gasteiger partial charge in [-0.05, 0) is 19.9 Å². The molecule has 78 valence electrons. The molecule has 1 aromatic heterocycles. The van der Waals surface area contributed by atoms with Crippen LogP contribution in [0.15, 0.2) is 4.34 Å². The van der Waals surface area contributed by atoms with E-state index in [-0.39, 0.29) is 0 Å². The summed E-state index contributed by atoms with van der Waals surface area (Å²) in [5, 5.41) is 8.79. The first-order valence-electron chi connectivity index (χ1n) is 4.18. The predicted octanol–water partition coefficient (Wildman–Crippen LogP) is 1.59. The Morgan fingerprint density at radius 3 is 2.93 bits per heavy atom. The lowest BCUT2D eigenvalue weighted by atomic mass is 10.4. The van der Waals surface area contributed by atoms with E-state index in [1.807, 2.05) is 0 Å². The number of carboxylic acid groups (broad SMARTS) is 1. The highest BCUT2D eigenvalue weighted by Gasteiger charge is 2.13. The van der Waals surface area contributed by atoms with E-state index >= 15 is 0 Å². The van der Waals surface area contributed by atoms with Gasteiger partial charge in [-0.1, -0.05) is 11.8 Å². The minimum absolute atomic E-state index is 0.334. The van der Waals surface area contributed by atoms with Crippen molar-refractivity contribution in [1.29, 1.82) is 0 Å². The standard InChI is InChI=1S/C8H12N2O2S2/c1-5-6(7(11)12)14-8(10-5)13-4-2-3-9/h2-4,9H2,1H3,(H,11,12). The number of aromatic nitrogens is 1. The third-order valence-corrected chi connectivity index (χ3v) is 3.92. The lowest BCUT2D eigenvalue weighted by molar-refractivity contribution is 0.0701. The van der Waals surface area contributed by atoms with Gasteiger partial charge in [-0.2, -0.15) is 0 Å². The molecule has 0 aliphatic rings. The molecule has 0 saturated carbocycles. The summed E-state index contributed by atoms with van der Waals surface area (Å²) < 4.78 is 0.813. The number of aryl methyl sites for hydroxylation is 1. The second-order valence-corrected chi connectivity index (χ2v) is 5.03. The summed E-state index contributed by atoms with van der Waals surface area (Å²) in [6.07, 6.45) is 0.922. The van der Waals surface area contributed by atoms with E-state index < -0.39 is 5.97 Å². The molecular weight excluding hydrogens is 220 g/mol. The number of carbonyl (C=O) groups is 1. The van der Waals surface area contributed by atoms with Gasteiger partial charge in [-0.15, -0.1) is 11.3 Å². The van der Waals surface area contributed by atoms with Crippen molar-refractivity contribution >= 4 is 29.1 Å². The average Bonchev–Trinajstić information content (AvgIpc) is 2.47.